The van der Waals surface area contributed by atoms with Gasteiger partial charge in [0.25, 0.3) is 0 Å². The van der Waals surface area contributed by atoms with E-state index in [9.17, 15) is 9.59 Å². The van der Waals surface area contributed by atoms with Gasteiger partial charge in [0, 0.05) is 25.6 Å². The number of benzene rings is 1. The second kappa shape index (κ2) is 9.17. The Balaban J connectivity index is 1.45. The van der Waals surface area contributed by atoms with E-state index < -0.39 is 0 Å². The molecule has 1 atom stereocenters. The van der Waals surface area contributed by atoms with Crippen molar-refractivity contribution < 1.29 is 9.59 Å². The van der Waals surface area contributed by atoms with Crippen LogP contribution >= 0.6 is 0 Å². The summed E-state index contributed by atoms with van der Waals surface area (Å²) in [6.45, 7) is 1.41. The molecule has 0 bridgehead atoms. The maximum Gasteiger partial charge on any atom is 0.242 e. The van der Waals surface area contributed by atoms with Crippen molar-refractivity contribution in [3.05, 3.63) is 35.9 Å². The van der Waals surface area contributed by atoms with E-state index in [-0.39, 0.29) is 17.9 Å². The number of carbonyl (C=O) groups is 2. The fraction of sp³-hybridized carbons (Fsp3) is 0.619. The van der Waals surface area contributed by atoms with E-state index in [1.165, 1.54) is 0 Å². The minimum absolute atomic E-state index is 0.0189. The first-order valence-electron chi connectivity index (χ1n) is 10.00. The van der Waals surface area contributed by atoms with E-state index in [0.29, 0.717) is 31.5 Å². The lowest BCUT2D eigenvalue weighted by molar-refractivity contribution is -0.138. The molecule has 0 radical (unpaired) electrons. The topological polar surface area (TPSA) is 75.4 Å². The normalized spacial score (nSPS) is 25.9. The monoisotopic (exact) mass is 357 g/mol. The number of aryl methyl sites for hydroxylation is 1. The molecule has 142 valence electrons. The highest BCUT2D eigenvalue weighted by molar-refractivity contribution is 5.88. The van der Waals surface area contributed by atoms with E-state index in [4.69, 9.17) is 5.73 Å². The van der Waals surface area contributed by atoms with E-state index in [1.807, 2.05) is 30.3 Å². The van der Waals surface area contributed by atoms with Gasteiger partial charge >= 0.3 is 0 Å². The number of hydrogen-bond donors (Lipinski definition) is 2. The molecular formula is C21H31N3O2. The van der Waals surface area contributed by atoms with Gasteiger partial charge in [-0.25, -0.2) is 0 Å². The minimum Gasteiger partial charge on any atom is -0.354 e. The van der Waals surface area contributed by atoms with E-state index in [2.05, 4.69) is 5.32 Å². The Labute approximate surface area is 156 Å². The predicted molar refractivity (Wildman–Crippen MR) is 102 cm³/mol. The highest BCUT2D eigenvalue weighted by Crippen LogP contribution is 2.23. The average Bonchev–Trinajstić information content (AvgIpc) is 3.16. The summed E-state index contributed by atoms with van der Waals surface area (Å²) in [6.07, 6.45) is 7.16. The maximum absolute atomic E-state index is 12.6. The van der Waals surface area contributed by atoms with Crippen LogP contribution in [0.25, 0.3) is 0 Å². The highest BCUT2D eigenvalue weighted by atomic mass is 16.2. The first-order chi connectivity index (χ1) is 12.6. The van der Waals surface area contributed by atoms with Crippen molar-refractivity contribution in [2.24, 2.45) is 11.7 Å². The van der Waals surface area contributed by atoms with Crippen LogP contribution < -0.4 is 11.1 Å². The van der Waals surface area contributed by atoms with Gasteiger partial charge in [-0.15, -0.1) is 0 Å². The predicted octanol–water partition coefficient (Wildman–Crippen LogP) is 2.24. The fourth-order valence-electron chi connectivity index (χ4n) is 4.13. The second-order valence-electron chi connectivity index (χ2n) is 7.76. The first kappa shape index (κ1) is 18.9. The van der Waals surface area contributed by atoms with Crippen LogP contribution in [-0.4, -0.2) is 41.9 Å². The molecule has 1 aromatic rings. The largest absolute Gasteiger partial charge is 0.354 e. The number of rotatable bonds is 6. The molecule has 5 heteroatoms. The van der Waals surface area contributed by atoms with E-state index >= 15 is 0 Å². The smallest absolute Gasteiger partial charge is 0.242 e. The summed E-state index contributed by atoms with van der Waals surface area (Å²) in [4.78, 5) is 27.0. The number of carbonyl (C=O) groups excluding carboxylic acids is 2. The van der Waals surface area contributed by atoms with Crippen LogP contribution in [0.3, 0.4) is 0 Å². The highest BCUT2D eigenvalue weighted by Gasteiger charge is 2.33. The third-order valence-electron chi connectivity index (χ3n) is 5.80. The molecule has 0 unspecified atom stereocenters. The van der Waals surface area contributed by atoms with Gasteiger partial charge in [0.1, 0.15) is 6.04 Å². The summed E-state index contributed by atoms with van der Waals surface area (Å²) in [7, 11) is 0. The summed E-state index contributed by atoms with van der Waals surface area (Å²) in [6, 6.07) is 10.1. The zero-order chi connectivity index (χ0) is 18.4. The van der Waals surface area contributed by atoms with Gasteiger partial charge in [0.15, 0.2) is 0 Å². The molecule has 2 aliphatic rings. The van der Waals surface area contributed by atoms with Crippen molar-refractivity contribution in [1.29, 1.82) is 0 Å². The molecule has 1 aromatic carbocycles. The fourth-order valence-corrected chi connectivity index (χ4v) is 4.13. The number of nitrogens with zero attached hydrogens (tertiary/aromatic N) is 1. The molecule has 0 aromatic heterocycles. The Morgan fingerprint density at radius 1 is 1.08 bits per heavy atom. The molecule has 0 spiro atoms. The first-order valence-corrected chi connectivity index (χ1v) is 10.00. The van der Waals surface area contributed by atoms with Crippen LogP contribution in [-0.2, 0) is 16.0 Å². The van der Waals surface area contributed by atoms with Crippen LogP contribution in [0.5, 0.6) is 0 Å². The Morgan fingerprint density at radius 2 is 1.81 bits per heavy atom. The molecule has 1 aliphatic carbocycles. The van der Waals surface area contributed by atoms with Crippen molar-refractivity contribution in [2.45, 2.75) is 63.5 Å². The molecule has 1 aliphatic heterocycles. The molecule has 1 heterocycles. The molecule has 26 heavy (non-hydrogen) atoms. The molecule has 5 nitrogen and oxygen atoms in total. The molecule has 1 saturated carbocycles. The Kier molecular flexibility index (Phi) is 6.67. The lowest BCUT2D eigenvalue weighted by atomic mass is 9.86. The van der Waals surface area contributed by atoms with Gasteiger partial charge < -0.3 is 16.0 Å². The third-order valence-corrected chi connectivity index (χ3v) is 5.80. The molecule has 3 N–H and O–H groups in total. The van der Waals surface area contributed by atoms with Crippen molar-refractivity contribution >= 4 is 11.8 Å². The summed E-state index contributed by atoms with van der Waals surface area (Å²) in [5.74, 6) is 0.642. The second-order valence-corrected chi connectivity index (χ2v) is 7.76. The van der Waals surface area contributed by atoms with Crippen LogP contribution in [0.2, 0.25) is 0 Å². The van der Waals surface area contributed by atoms with E-state index in [0.717, 1.165) is 50.5 Å². The molecule has 2 fully saturated rings. The van der Waals surface area contributed by atoms with Gasteiger partial charge in [-0.1, -0.05) is 30.3 Å². The van der Waals surface area contributed by atoms with Crippen LogP contribution in [0.15, 0.2) is 30.3 Å². The molecule has 3 rings (SSSR count). The van der Waals surface area contributed by atoms with Crippen molar-refractivity contribution in [3.8, 4) is 0 Å². The lowest BCUT2D eigenvalue weighted by Gasteiger charge is -2.28. The summed E-state index contributed by atoms with van der Waals surface area (Å²) < 4.78 is 0. The van der Waals surface area contributed by atoms with Gasteiger partial charge in [0.05, 0.1) is 0 Å². The third kappa shape index (κ3) is 5.07. The Hall–Kier alpha value is -1.88. The lowest BCUT2D eigenvalue weighted by Crippen LogP contribution is -2.47. The minimum atomic E-state index is -0.288. The standard InChI is InChI=1S/C21H31N3O2/c22-18-11-8-17(9-12-18)15-23-21(26)19-7-4-14-24(19)20(25)13-10-16-5-2-1-3-6-16/h1-3,5-6,17-19H,4,7-15,22H2,(H,23,26)/t17?,18?,19-/m0/s1. The van der Waals surface area contributed by atoms with Crippen LogP contribution in [0.4, 0.5) is 0 Å². The zero-order valence-corrected chi connectivity index (χ0v) is 15.5. The average molecular weight is 357 g/mol. The number of nitrogens with one attached hydrogen (secondary N) is 1. The number of nitrogens with two attached hydrogens (primary N) is 1. The van der Waals surface area contributed by atoms with Crippen LogP contribution in [0.1, 0.15) is 50.5 Å². The number of likely N-dealkylation sites (tertiary alicyclic amines) is 1. The van der Waals surface area contributed by atoms with Crippen LogP contribution in [0, 0.1) is 5.92 Å². The van der Waals surface area contributed by atoms with Gasteiger partial charge in [-0.2, -0.15) is 0 Å². The summed E-state index contributed by atoms with van der Waals surface area (Å²) in [5.41, 5.74) is 7.11. The van der Waals surface area contributed by atoms with Gasteiger partial charge in [-0.3, -0.25) is 9.59 Å². The SMILES string of the molecule is NC1CCC(CNC(=O)[C@@H]2CCCN2C(=O)CCc2ccccc2)CC1. The number of hydrogen-bond acceptors (Lipinski definition) is 3. The van der Waals surface area contributed by atoms with Crippen molar-refractivity contribution in [2.75, 3.05) is 13.1 Å². The molecular weight excluding hydrogens is 326 g/mol. The van der Waals surface area contributed by atoms with Gasteiger partial charge in [0.2, 0.25) is 11.8 Å². The quantitative estimate of drug-likeness (QED) is 0.820. The summed E-state index contributed by atoms with van der Waals surface area (Å²) >= 11 is 0. The Morgan fingerprint density at radius 3 is 2.54 bits per heavy atom. The van der Waals surface area contributed by atoms with Crippen molar-refractivity contribution in [1.82, 2.24) is 10.2 Å². The zero-order valence-electron chi connectivity index (χ0n) is 15.5. The molecule has 2 amide bonds. The van der Waals surface area contributed by atoms with Crippen molar-refractivity contribution in [3.63, 3.8) is 0 Å². The maximum atomic E-state index is 12.6. The van der Waals surface area contributed by atoms with Gasteiger partial charge in [-0.05, 0) is 56.4 Å². The number of amides is 2. The van der Waals surface area contributed by atoms with E-state index in [1.54, 1.807) is 4.90 Å². The Bertz CT molecular complexity index is 597. The summed E-state index contributed by atoms with van der Waals surface area (Å²) in [5, 5.41) is 3.09. The molecule has 1 saturated heterocycles.